The zero-order valence-electron chi connectivity index (χ0n) is 20.4. The number of hydrogen-bond donors (Lipinski definition) is 4. The lowest BCUT2D eigenvalue weighted by molar-refractivity contribution is -0.138. The molecule has 0 spiro atoms. The number of likely N-dealkylation sites (tertiary alicyclic amines) is 1. The fourth-order valence-corrected chi connectivity index (χ4v) is 4.73. The van der Waals surface area contributed by atoms with Crippen LogP contribution in [0.15, 0.2) is 48.8 Å². The second-order valence-electron chi connectivity index (χ2n) is 9.35. The van der Waals surface area contributed by atoms with Gasteiger partial charge in [0.15, 0.2) is 0 Å². The number of morpholine rings is 1. The summed E-state index contributed by atoms with van der Waals surface area (Å²) in [7, 11) is 0. The number of carboxylic acid groups (broad SMARTS) is 1. The van der Waals surface area contributed by atoms with Crippen LogP contribution in [0.1, 0.15) is 12.8 Å². The van der Waals surface area contributed by atoms with Gasteiger partial charge in [-0.3, -0.25) is 9.69 Å². The highest BCUT2D eigenvalue weighted by Gasteiger charge is 2.39. The molecule has 4 heterocycles. The van der Waals surface area contributed by atoms with Crippen molar-refractivity contribution in [2.24, 2.45) is 0 Å². The summed E-state index contributed by atoms with van der Waals surface area (Å²) in [6.45, 7) is 4.39. The smallest absolute Gasteiger partial charge is 0.328 e. The number of aromatic nitrogens is 3. The third-order valence-electron chi connectivity index (χ3n) is 6.90. The monoisotopic (exact) mass is 506 g/mol. The Morgan fingerprint density at radius 3 is 2.54 bits per heavy atom. The average Bonchev–Trinajstić information content (AvgIpc) is 3.35. The minimum absolute atomic E-state index is 0.277. The number of ether oxygens (including phenoxy) is 1. The number of rotatable bonds is 7. The Morgan fingerprint density at radius 1 is 1.11 bits per heavy atom. The first-order chi connectivity index (χ1) is 17.9. The number of nitrogens with one attached hydrogen (secondary N) is 2. The van der Waals surface area contributed by atoms with Gasteiger partial charge in [-0.25, -0.2) is 14.8 Å². The maximum atomic E-state index is 12.9. The van der Waals surface area contributed by atoms with Gasteiger partial charge < -0.3 is 30.2 Å². The Balaban J connectivity index is 1.23. The molecule has 11 nitrogen and oxygen atoms in total. The summed E-state index contributed by atoms with van der Waals surface area (Å²) < 4.78 is 5.46. The van der Waals surface area contributed by atoms with E-state index in [2.05, 4.69) is 25.2 Å². The molecule has 0 radical (unpaired) electrons. The number of anilines is 2. The minimum atomic E-state index is -1.46. The Labute approximate surface area is 213 Å². The van der Waals surface area contributed by atoms with Crippen LogP contribution in [0.4, 0.5) is 11.5 Å². The summed E-state index contributed by atoms with van der Waals surface area (Å²) >= 11 is 0. The van der Waals surface area contributed by atoms with Gasteiger partial charge in [-0.2, -0.15) is 0 Å². The average molecular weight is 507 g/mol. The molecule has 5 rings (SSSR count). The van der Waals surface area contributed by atoms with Crippen LogP contribution in [0.3, 0.4) is 0 Å². The summed E-state index contributed by atoms with van der Waals surface area (Å²) in [5, 5.41) is 23.4. The van der Waals surface area contributed by atoms with Crippen LogP contribution >= 0.6 is 0 Å². The molecular formula is C26H30N6O5. The quantitative estimate of drug-likeness (QED) is 0.353. The number of benzene rings is 1. The van der Waals surface area contributed by atoms with E-state index in [1.807, 2.05) is 35.2 Å². The zero-order valence-corrected chi connectivity index (χ0v) is 20.4. The predicted molar refractivity (Wildman–Crippen MR) is 138 cm³/mol. The second-order valence-corrected chi connectivity index (χ2v) is 9.35. The first-order valence-corrected chi connectivity index (χ1v) is 12.3. The normalized spacial score (nSPS) is 18.4. The topological polar surface area (TPSA) is 144 Å². The van der Waals surface area contributed by atoms with Crippen molar-refractivity contribution in [3.8, 4) is 11.3 Å². The van der Waals surface area contributed by atoms with Crippen LogP contribution in [-0.2, 0) is 14.3 Å². The number of H-pyrrole nitrogens is 1. The number of carboxylic acids is 1. The molecule has 2 aromatic heterocycles. The van der Waals surface area contributed by atoms with Crippen molar-refractivity contribution in [1.82, 2.24) is 19.9 Å². The lowest BCUT2D eigenvalue weighted by atomic mass is 9.90. The predicted octanol–water partition coefficient (Wildman–Crippen LogP) is 1.87. The standard InChI is InChI=1S/C26H30N6O5/c33-22(34)2-1-9-31-10-7-26(36,8-11-31)25(35)29-19-5-3-18(4-6-19)21-16-20-23(30-21)27-17-28-24(20)32-12-14-37-15-13-32/h1-6,16-17,36H,7-15H2,(H,29,35)(H,33,34)(H,27,28,30)/b2-1+. The van der Waals surface area contributed by atoms with Crippen LogP contribution in [0.2, 0.25) is 0 Å². The van der Waals surface area contributed by atoms with Crippen molar-refractivity contribution in [2.75, 3.05) is 56.2 Å². The van der Waals surface area contributed by atoms with Crippen molar-refractivity contribution in [1.29, 1.82) is 0 Å². The van der Waals surface area contributed by atoms with Crippen LogP contribution in [0.5, 0.6) is 0 Å². The highest BCUT2D eigenvalue weighted by molar-refractivity contribution is 5.97. The van der Waals surface area contributed by atoms with E-state index in [0.717, 1.165) is 47.3 Å². The van der Waals surface area contributed by atoms with Crippen LogP contribution in [-0.4, -0.2) is 93.5 Å². The number of piperidine rings is 1. The number of carbonyl (C=O) groups excluding carboxylic acids is 1. The molecule has 0 atom stereocenters. The number of fused-ring (bicyclic) bond motifs is 1. The number of aliphatic carboxylic acids is 1. The molecule has 0 unspecified atom stereocenters. The van der Waals surface area contributed by atoms with Crippen LogP contribution < -0.4 is 10.2 Å². The maximum absolute atomic E-state index is 12.9. The fraction of sp³-hybridized carbons (Fsp3) is 0.385. The van der Waals surface area contributed by atoms with Crippen molar-refractivity contribution in [3.63, 3.8) is 0 Å². The highest BCUT2D eigenvalue weighted by Crippen LogP contribution is 2.30. The third-order valence-corrected chi connectivity index (χ3v) is 6.90. The molecule has 11 heteroatoms. The lowest BCUT2D eigenvalue weighted by Gasteiger charge is -2.36. The van der Waals surface area contributed by atoms with E-state index in [9.17, 15) is 14.7 Å². The van der Waals surface area contributed by atoms with Crippen molar-refractivity contribution < 1.29 is 24.5 Å². The lowest BCUT2D eigenvalue weighted by Crippen LogP contribution is -2.51. The Hall–Kier alpha value is -3.80. The minimum Gasteiger partial charge on any atom is -0.478 e. The molecule has 0 bridgehead atoms. The van der Waals surface area contributed by atoms with Crippen molar-refractivity contribution in [2.45, 2.75) is 18.4 Å². The number of nitrogens with zero attached hydrogens (tertiary/aromatic N) is 4. The molecule has 194 valence electrons. The Morgan fingerprint density at radius 2 is 1.84 bits per heavy atom. The summed E-state index contributed by atoms with van der Waals surface area (Å²) in [5.74, 6) is -0.538. The SMILES string of the molecule is O=C(O)/C=C/CN1CCC(O)(C(=O)Nc2ccc(-c3cc4c(N5CCOCC5)ncnc4[nH]3)cc2)CC1. The van der Waals surface area contributed by atoms with Gasteiger partial charge in [0.25, 0.3) is 5.91 Å². The molecule has 2 fully saturated rings. The van der Waals surface area contributed by atoms with Gasteiger partial charge >= 0.3 is 5.97 Å². The van der Waals surface area contributed by atoms with Gasteiger partial charge in [0.2, 0.25) is 0 Å². The highest BCUT2D eigenvalue weighted by atomic mass is 16.5. The first-order valence-electron chi connectivity index (χ1n) is 12.3. The second kappa shape index (κ2) is 10.7. The van der Waals surface area contributed by atoms with E-state index >= 15 is 0 Å². The number of aromatic amines is 1. The fourth-order valence-electron chi connectivity index (χ4n) is 4.73. The summed E-state index contributed by atoms with van der Waals surface area (Å²) in [5.41, 5.74) is 1.73. The van der Waals surface area contributed by atoms with Gasteiger partial charge in [-0.05, 0) is 36.6 Å². The first kappa shape index (κ1) is 24.9. The molecular weight excluding hydrogens is 476 g/mol. The largest absolute Gasteiger partial charge is 0.478 e. The molecule has 0 saturated carbocycles. The van der Waals surface area contributed by atoms with E-state index < -0.39 is 17.5 Å². The zero-order chi connectivity index (χ0) is 25.8. The summed E-state index contributed by atoms with van der Waals surface area (Å²) in [6, 6.07) is 9.47. The summed E-state index contributed by atoms with van der Waals surface area (Å²) in [4.78, 5) is 39.9. The molecule has 2 aliphatic heterocycles. The molecule has 37 heavy (non-hydrogen) atoms. The molecule has 2 saturated heterocycles. The molecule has 1 aromatic carbocycles. The van der Waals surface area contributed by atoms with Gasteiger partial charge in [-0.1, -0.05) is 18.2 Å². The van der Waals surface area contributed by atoms with E-state index in [1.54, 1.807) is 12.4 Å². The number of hydrogen-bond acceptors (Lipinski definition) is 8. The van der Waals surface area contributed by atoms with Crippen LogP contribution in [0.25, 0.3) is 22.3 Å². The molecule has 4 N–H and O–H groups in total. The molecule has 1 amide bonds. The van der Waals surface area contributed by atoms with E-state index in [0.29, 0.717) is 38.5 Å². The number of amides is 1. The molecule has 3 aromatic rings. The maximum Gasteiger partial charge on any atom is 0.328 e. The molecule has 2 aliphatic rings. The van der Waals surface area contributed by atoms with Gasteiger partial charge in [-0.15, -0.1) is 0 Å². The van der Waals surface area contributed by atoms with Crippen molar-refractivity contribution >= 4 is 34.4 Å². The third kappa shape index (κ3) is 5.63. The Kier molecular flexibility index (Phi) is 7.17. The van der Waals surface area contributed by atoms with E-state index in [4.69, 9.17) is 9.84 Å². The van der Waals surface area contributed by atoms with Crippen molar-refractivity contribution in [3.05, 3.63) is 48.8 Å². The molecule has 0 aliphatic carbocycles. The van der Waals surface area contributed by atoms with Gasteiger partial charge in [0.1, 0.15) is 23.4 Å². The van der Waals surface area contributed by atoms with E-state index in [-0.39, 0.29) is 12.8 Å². The van der Waals surface area contributed by atoms with Crippen LogP contribution in [0, 0.1) is 0 Å². The number of aliphatic hydroxyl groups is 1. The van der Waals surface area contributed by atoms with E-state index in [1.165, 1.54) is 0 Å². The van der Waals surface area contributed by atoms with Gasteiger partial charge in [0, 0.05) is 50.2 Å². The number of carbonyl (C=O) groups is 2. The van der Waals surface area contributed by atoms with Gasteiger partial charge in [0.05, 0.1) is 18.6 Å². The summed E-state index contributed by atoms with van der Waals surface area (Å²) in [6.07, 6.45) is 4.79. The Bertz CT molecular complexity index is 1290.